The predicted octanol–water partition coefficient (Wildman–Crippen LogP) is 7.19. The highest BCUT2D eigenvalue weighted by molar-refractivity contribution is 5.95. The van der Waals surface area contributed by atoms with Crippen LogP contribution in [0, 0.1) is 18.6 Å². The van der Waals surface area contributed by atoms with Crippen molar-refractivity contribution in [3.8, 4) is 22.4 Å². The minimum Gasteiger partial charge on any atom is -0.247 e. The number of nitrogens with zero attached hydrogens (tertiary/aromatic N) is 1. The minimum atomic E-state index is -0.293. The Bertz CT molecular complexity index is 1210. The van der Waals surface area contributed by atoms with Crippen molar-refractivity contribution in [3.05, 3.63) is 96.1 Å². The maximum atomic E-state index is 14.1. The Morgan fingerprint density at radius 1 is 0.893 bits per heavy atom. The maximum Gasteiger partial charge on any atom is 0.131 e. The number of hydrogen-bond donors (Lipinski definition) is 0. The van der Waals surface area contributed by atoms with Gasteiger partial charge in [-0.15, -0.1) is 0 Å². The van der Waals surface area contributed by atoms with E-state index in [1.54, 1.807) is 18.2 Å². The molecule has 138 valence electrons. The number of benzene rings is 3. The Hall–Kier alpha value is -3.33. The van der Waals surface area contributed by atoms with Gasteiger partial charge in [-0.05, 0) is 54.8 Å². The van der Waals surface area contributed by atoms with Crippen molar-refractivity contribution in [1.29, 1.82) is 0 Å². The van der Waals surface area contributed by atoms with Crippen LogP contribution < -0.4 is 0 Å². The molecule has 3 aromatic carbocycles. The highest BCUT2D eigenvalue weighted by Gasteiger charge is 2.15. The lowest BCUT2D eigenvalue weighted by molar-refractivity contribution is 0.629. The summed E-state index contributed by atoms with van der Waals surface area (Å²) in [6.07, 6.45) is 0. The molecule has 0 bridgehead atoms. The summed E-state index contributed by atoms with van der Waals surface area (Å²) in [4.78, 5) is 4.77. The molecule has 0 aliphatic heterocycles. The molecule has 1 heterocycles. The summed E-state index contributed by atoms with van der Waals surface area (Å²) in [6, 6.07) is 19.0. The molecule has 4 rings (SSSR count). The lowest BCUT2D eigenvalue weighted by atomic mass is 9.93. The summed E-state index contributed by atoms with van der Waals surface area (Å²) < 4.78 is 27.8. The molecule has 4 aromatic rings. The second-order valence-electron chi connectivity index (χ2n) is 6.96. The van der Waals surface area contributed by atoms with Gasteiger partial charge >= 0.3 is 0 Å². The van der Waals surface area contributed by atoms with Crippen molar-refractivity contribution < 1.29 is 8.78 Å². The maximum absolute atomic E-state index is 14.1. The van der Waals surface area contributed by atoms with Crippen molar-refractivity contribution in [2.45, 2.75) is 13.8 Å². The molecule has 0 amide bonds. The first-order valence-corrected chi connectivity index (χ1v) is 9.07. The van der Waals surface area contributed by atoms with Crippen molar-refractivity contribution in [1.82, 2.24) is 4.98 Å². The molecule has 1 nitrogen and oxygen atoms in total. The molecule has 0 N–H and O–H groups in total. The van der Waals surface area contributed by atoms with Crippen molar-refractivity contribution in [3.63, 3.8) is 0 Å². The fourth-order valence-corrected chi connectivity index (χ4v) is 3.66. The third-order valence-electron chi connectivity index (χ3n) is 4.96. The summed E-state index contributed by atoms with van der Waals surface area (Å²) in [6.45, 7) is 7.96. The van der Waals surface area contributed by atoms with Gasteiger partial charge in [0.15, 0.2) is 0 Å². The van der Waals surface area contributed by atoms with E-state index in [1.807, 2.05) is 44.2 Å². The molecule has 1 aromatic heterocycles. The summed E-state index contributed by atoms with van der Waals surface area (Å²) in [5.41, 5.74) is 6.56. The van der Waals surface area contributed by atoms with Gasteiger partial charge in [-0.25, -0.2) is 13.8 Å². The lowest BCUT2D eigenvalue weighted by Crippen LogP contribution is -1.97. The van der Waals surface area contributed by atoms with Crippen LogP contribution in [0.3, 0.4) is 0 Å². The van der Waals surface area contributed by atoms with Crippen LogP contribution in [-0.2, 0) is 0 Å². The summed E-state index contributed by atoms with van der Waals surface area (Å²) in [5, 5.41) is 0.761. The topological polar surface area (TPSA) is 12.9 Å². The van der Waals surface area contributed by atoms with E-state index >= 15 is 0 Å². The van der Waals surface area contributed by atoms with Gasteiger partial charge < -0.3 is 0 Å². The van der Waals surface area contributed by atoms with E-state index in [4.69, 9.17) is 4.98 Å². The molecule has 3 heteroatoms. The Labute approximate surface area is 163 Å². The largest absolute Gasteiger partial charge is 0.247 e. The van der Waals surface area contributed by atoms with Crippen molar-refractivity contribution >= 4 is 16.5 Å². The predicted molar refractivity (Wildman–Crippen MR) is 112 cm³/mol. The monoisotopic (exact) mass is 371 g/mol. The van der Waals surface area contributed by atoms with Crippen LogP contribution in [0.4, 0.5) is 8.78 Å². The van der Waals surface area contributed by atoms with Crippen LogP contribution in [0.25, 0.3) is 38.9 Å². The second-order valence-corrected chi connectivity index (χ2v) is 6.96. The molecular formula is C25H19F2N. The zero-order valence-corrected chi connectivity index (χ0v) is 15.8. The number of hydrogen-bond acceptors (Lipinski definition) is 1. The SMILES string of the molecule is C=C(C)c1c(C)c(-c2ccc(-c3ccccc3F)cc2)nc2ccc(F)cc12. The summed E-state index contributed by atoms with van der Waals surface area (Å²) >= 11 is 0. The van der Waals surface area contributed by atoms with Gasteiger partial charge in [0.2, 0.25) is 0 Å². The van der Waals surface area contributed by atoms with E-state index in [2.05, 4.69) is 6.58 Å². The number of fused-ring (bicyclic) bond motifs is 1. The van der Waals surface area contributed by atoms with Crippen LogP contribution in [0.5, 0.6) is 0 Å². The van der Waals surface area contributed by atoms with Gasteiger partial charge in [0.05, 0.1) is 11.2 Å². The smallest absolute Gasteiger partial charge is 0.131 e. The fraction of sp³-hybridized carbons (Fsp3) is 0.0800. The molecule has 0 atom stereocenters. The average molecular weight is 371 g/mol. The standard InChI is InChI=1S/C25H19F2N/c1-15(2)24-16(3)25(28-23-13-12-19(26)14-21(23)24)18-10-8-17(9-11-18)20-6-4-5-7-22(20)27/h4-14H,1H2,2-3H3. The molecule has 0 spiro atoms. The number of allylic oxidation sites excluding steroid dienone is 1. The van der Waals surface area contributed by atoms with Crippen LogP contribution in [0.15, 0.2) is 73.3 Å². The van der Waals surface area contributed by atoms with E-state index in [9.17, 15) is 8.78 Å². The Morgan fingerprint density at radius 3 is 2.25 bits per heavy atom. The van der Waals surface area contributed by atoms with E-state index in [1.165, 1.54) is 18.2 Å². The molecular weight excluding hydrogens is 352 g/mol. The molecule has 0 unspecified atom stereocenters. The summed E-state index contributed by atoms with van der Waals surface area (Å²) in [7, 11) is 0. The first-order chi connectivity index (χ1) is 13.5. The molecule has 0 radical (unpaired) electrons. The van der Waals surface area contributed by atoms with Crippen LogP contribution >= 0.6 is 0 Å². The first-order valence-electron chi connectivity index (χ1n) is 9.07. The molecule has 0 saturated carbocycles. The third kappa shape index (κ3) is 3.09. The van der Waals surface area contributed by atoms with Gasteiger partial charge in [0.1, 0.15) is 11.6 Å². The highest BCUT2D eigenvalue weighted by atomic mass is 19.1. The fourth-order valence-electron chi connectivity index (χ4n) is 3.66. The highest BCUT2D eigenvalue weighted by Crippen LogP contribution is 2.34. The number of aromatic nitrogens is 1. The molecule has 0 saturated heterocycles. The van der Waals surface area contributed by atoms with Crippen molar-refractivity contribution in [2.24, 2.45) is 0 Å². The van der Waals surface area contributed by atoms with Crippen LogP contribution in [0.2, 0.25) is 0 Å². The Morgan fingerprint density at radius 2 is 1.57 bits per heavy atom. The number of rotatable bonds is 3. The molecule has 0 fully saturated rings. The molecule has 28 heavy (non-hydrogen) atoms. The van der Waals surface area contributed by atoms with Crippen LogP contribution in [-0.4, -0.2) is 4.98 Å². The lowest BCUT2D eigenvalue weighted by Gasteiger charge is -2.15. The van der Waals surface area contributed by atoms with Gasteiger partial charge in [-0.1, -0.05) is 54.6 Å². The first kappa shape index (κ1) is 18.1. The summed E-state index contributed by atoms with van der Waals surface area (Å²) in [5.74, 6) is -0.542. The second kappa shape index (κ2) is 7.01. The number of pyridine rings is 1. The van der Waals surface area contributed by atoms with Gasteiger partial charge in [-0.3, -0.25) is 0 Å². The van der Waals surface area contributed by atoms with E-state index < -0.39 is 0 Å². The molecule has 0 aliphatic carbocycles. The zero-order chi connectivity index (χ0) is 19.8. The van der Waals surface area contributed by atoms with E-state index in [0.717, 1.165) is 44.4 Å². The Kier molecular flexibility index (Phi) is 4.52. The average Bonchev–Trinajstić information content (AvgIpc) is 2.68. The zero-order valence-electron chi connectivity index (χ0n) is 15.8. The number of halogens is 2. The third-order valence-corrected chi connectivity index (χ3v) is 4.96. The Balaban J connectivity index is 1.88. The minimum absolute atomic E-state index is 0.248. The van der Waals surface area contributed by atoms with Gasteiger partial charge in [0, 0.05) is 16.5 Å². The van der Waals surface area contributed by atoms with Gasteiger partial charge in [-0.2, -0.15) is 0 Å². The van der Waals surface area contributed by atoms with E-state index in [0.29, 0.717) is 5.56 Å². The van der Waals surface area contributed by atoms with Gasteiger partial charge in [0.25, 0.3) is 0 Å². The van der Waals surface area contributed by atoms with E-state index in [-0.39, 0.29) is 11.6 Å². The molecule has 0 aliphatic rings. The van der Waals surface area contributed by atoms with Crippen molar-refractivity contribution in [2.75, 3.05) is 0 Å². The van der Waals surface area contributed by atoms with Crippen LogP contribution in [0.1, 0.15) is 18.1 Å². The quantitative estimate of drug-likeness (QED) is 0.371. The normalized spacial score (nSPS) is 11.0.